The number of imidazole rings is 1. The van der Waals surface area contributed by atoms with E-state index < -0.39 is 5.60 Å². The van der Waals surface area contributed by atoms with E-state index in [4.69, 9.17) is 9.72 Å². The standard InChI is InChI=1S/C33H42N4O3S/c1-6-18-35(5)19-8-7-11-29(38)25-16-17-28-30(21-25)41-31-34-26(22-37(28)31)23-12-14-24(15-13-23)27-10-9-20-36(27)32(39)40-33(2,3)4/h12-17,21-22,27H,6-11,18-20H2,1-5H3. The van der Waals surface area contributed by atoms with Gasteiger partial charge in [-0.15, -0.1) is 0 Å². The average molecular weight is 575 g/mol. The molecule has 3 heterocycles. The first-order valence-corrected chi connectivity index (χ1v) is 15.7. The number of thiazole rings is 1. The molecule has 0 N–H and O–H groups in total. The molecule has 218 valence electrons. The third-order valence-corrected chi connectivity index (χ3v) is 8.70. The Morgan fingerprint density at radius 1 is 1.10 bits per heavy atom. The lowest BCUT2D eigenvalue weighted by atomic mass is 10.0. The van der Waals surface area contributed by atoms with Crippen LogP contribution in [-0.4, -0.2) is 63.3 Å². The van der Waals surface area contributed by atoms with Gasteiger partial charge in [0.1, 0.15) is 5.60 Å². The summed E-state index contributed by atoms with van der Waals surface area (Å²) in [6.07, 6.45) is 7.44. The smallest absolute Gasteiger partial charge is 0.410 e. The fraction of sp³-hybridized carbons (Fsp3) is 0.485. The molecule has 1 aliphatic rings. The maximum Gasteiger partial charge on any atom is 0.410 e. The second-order valence-electron chi connectivity index (χ2n) is 12.2. The van der Waals surface area contributed by atoms with Crippen LogP contribution < -0.4 is 0 Å². The highest BCUT2D eigenvalue weighted by Crippen LogP contribution is 2.35. The summed E-state index contributed by atoms with van der Waals surface area (Å²) in [7, 11) is 2.14. The van der Waals surface area contributed by atoms with Crippen molar-refractivity contribution in [2.75, 3.05) is 26.7 Å². The van der Waals surface area contributed by atoms with Crippen LogP contribution in [0.5, 0.6) is 0 Å². The van der Waals surface area contributed by atoms with Crippen LogP contribution in [0.4, 0.5) is 4.79 Å². The van der Waals surface area contributed by atoms with Crippen LogP contribution in [0.2, 0.25) is 0 Å². The van der Waals surface area contributed by atoms with Crippen molar-refractivity contribution >= 4 is 38.4 Å². The number of carbonyl (C=O) groups is 2. The molecule has 1 unspecified atom stereocenters. The van der Waals surface area contributed by atoms with E-state index in [0.29, 0.717) is 6.42 Å². The summed E-state index contributed by atoms with van der Waals surface area (Å²) in [6.45, 7) is 10.8. The minimum atomic E-state index is -0.506. The Morgan fingerprint density at radius 2 is 1.88 bits per heavy atom. The molecule has 1 amide bonds. The number of aromatic nitrogens is 2. The minimum absolute atomic E-state index is 0.0348. The number of hydrogen-bond donors (Lipinski definition) is 0. The number of Topliss-reactive ketones (excluding diaryl/α,β-unsaturated/α-hetero) is 1. The number of amides is 1. The van der Waals surface area contributed by atoms with Crippen molar-refractivity contribution in [3.05, 3.63) is 59.8 Å². The van der Waals surface area contributed by atoms with E-state index in [1.165, 1.54) is 0 Å². The maximum atomic E-state index is 12.8. The largest absolute Gasteiger partial charge is 0.444 e. The summed E-state index contributed by atoms with van der Waals surface area (Å²) >= 11 is 1.61. The van der Waals surface area contributed by atoms with Crippen molar-refractivity contribution in [2.24, 2.45) is 0 Å². The molecule has 5 rings (SSSR count). The zero-order chi connectivity index (χ0) is 29.1. The fourth-order valence-corrected chi connectivity index (χ4v) is 6.69. The van der Waals surface area contributed by atoms with Crippen LogP contribution in [0.25, 0.3) is 26.4 Å². The quantitative estimate of drug-likeness (QED) is 0.142. The Kier molecular flexibility index (Phi) is 8.80. The summed E-state index contributed by atoms with van der Waals surface area (Å²) in [5.74, 6) is 0.212. The van der Waals surface area contributed by atoms with Gasteiger partial charge in [-0.05, 0) is 96.8 Å². The normalized spacial score (nSPS) is 15.9. The van der Waals surface area contributed by atoms with Gasteiger partial charge in [0.2, 0.25) is 0 Å². The molecule has 2 aromatic carbocycles. The van der Waals surface area contributed by atoms with E-state index in [9.17, 15) is 9.59 Å². The van der Waals surface area contributed by atoms with E-state index in [1.807, 2.05) is 43.9 Å². The first-order valence-electron chi connectivity index (χ1n) is 14.9. The van der Waals surface area contributed by atoms with Crippen LogP contribution in [0, 0.1) is 0 Å². The molecule has 1 atom stereocenters. The van der Waals surface area contributed by atoms with Gasteiger partial charge in [-0.1, -0.05) is 42.5 Å². The predicted octanol–water partition coefficient (Wildman–Crippen LogP) is 7.98. The van der Waals surface area contributed by atoms with Gasteiger partial charge < -0.3 is 14.5 Å². The molecule has 1 aliphatic heterocycles. The molecule has 2 aromatic heterocycles. The molecule has 4 aromatic rings. The predicted molar refractivity (Wildman–Crippen MR) is 167 cm³/mol. The van der Waals surface area contributed by atoms with Crippen LogP contribution in [0.15, 0.2) is 48.7 Å². The number of ketones is 1. The lowest BCUT2D eigenvalue weighted by Crippen LogP contribution is -2.36. The van der Waals surface area contributed by atoms with Crippen molar-refractivity contribution in [1.29, 1.82) is 0 Å². The molecule has 1 fully saturated rings. The van der Waals surface area contributed by atoms with Crippen molar-refractivity contribution in [2.45, 2.75) is 77.9 Å². The highest BCUT2D eigenvalue weighted by atomic mass is 32.1. The molecular weight excluding hydrogens is 532 g/mol. The van der Waals surface area contributed by atoms with Crippen molar-refractivity contribution < 1.29 is 14.3 Å². The van der Waals surface area contributed by atoms with E-state index in [0.717, 1.165) is 89.3 Å². The van der Waals surface area contributed by atoms with E-state index in [1.54, 1.807) is 11.3 Å². The van der Waals surface area contributed by atoms with E-state index in [2.05, 4.69) is 53.7 Å². The first kappa shape index (κ1) is 29.3. The summed E-state index contributed by atoms with van der Waals surface area (Å²) in [6, 6.07) is 14.4. The van der Waals surface area contributed by atoms with Gasteiger partial charge in [0.25, 0.3) is 0 Å². The highest BCUT2D eigenvalue weighted by molar-refractivity contribution is 7.23. The van der Waals surface area contributed by atoms with Gasteiger partial charge in [0.15, 0.2) is 10.7 Å². The monoisotopic (exact) mass is 574 g/mol. The fourth-order valence-electron chi connectivity index (χ4n) is 5.65. The van der Waals surface area contributed by atoms with Gasteiger partial charge in [-0.25, -0.2) is 9.78 Å². The summed E-state index contributed by atoms with van der Waals surface area (Å²) in [5, 5.41) is 0. The van der Waals surface area contributed by atoms with Gasteiger partial charge >= 0.3 is 6.09 Å². The number of ether oxygens (including phenoxy) is 1. The number of hydrogen-bond acceptors (Lipinski definition) is 6. The Hall–Kier alpha value is -3.23. The Bertz CT molecular complexity index is 1520. The second kappa shape index (κ2) is 12.3. The Balaban J connectivity index is 1.26. The van der Waals surface area contributed by atoms with E-state index >= 15 is 0 Å². The van der Waals surface area contributed by atoms with Crippen molar-refractivity contribution in [1.82, 2.24) is 19.2 Å². The second-order valence-corrected chi connectivity index (χ2v) is 13.2. The van der Waals surface area contributed by atoms with Crippen LogP contribution in [-0.2, 0) is 4.74 Å². The number of likely N-dealkylation sites (tertiary alicyclic amines) is 1. The lowest BCUT2D eigenvalue weighted by molar-refractivity contribution is 0.0224. The van der Waals surface area contributed by atoms with Gasteiger partial charge in [0.05, 0.1) is 22.0 Å². The third kappa shape index (κ3) is 6.81. The molecule has 0 radical (unpaired) electrons. The highest BCUT2D eigenvalue weighted by Gasteiger charge is 2.33. The van der Waals surface area contributed by atoms with Gasteiger partial charge in [-0.2, -0.15) is 0 Å². The van der Waals surface area contributed by atoms with Gasteiger partial charge in [-0.3, -0.25) is 9.20 Å². The number of rotatable bonds is 10. The molecule has 0 saturated carbocycles. The number of nitrogens with zero attached hydrogens (tertiary/aromatic N) is 4. The topological polar surface area (TPSA) is 67.2 Å². The zero-order valence-corrected chi connectivity index (χ0v) is 25.8. The molecule has 8 heteroatoms. The molecule has 0 aliphatic carbocycles. The Labute approximate surface area is 247 Å². The minimum Gasteiger partial charge on any atom is -0.444 e. The SMILES string of the molecule is CCCN(C)CCCCC(=O)c1ccc2c(c1)sc1nc(-c3ccc(C4CCCN4C(=O)OC(C)(C)C)cc3)cn12. The molecule has 1 saturated heterocycles. The van der Waals surface area contributed by atoms with Gasteiger partial charge in [0, 0.05) is 30.3 Å². The summed E-state index contributed by atoms with van der Waals surface area (Å²) < 4.78 is 8.83. The molecule has 0 spiro atoms. The summed E-state index contributed by atoms with van der Waals surface area (Å²) in [5.41, 5.74) is 4.41. The molecule has 41 heavy (non-hydrogen) atoms. The Morgan fingerprint density at radius 3 is 2.61 bits per heavy atom. The number of benzene rings is 2. The molecular formula is C33H42N4O3S. The van der Waals surface area contributed by atoms with E-state index in [-0.39, 0.29) is 17.9 Å². The lowest BCUT2D eigenvalue weighted by Gasteiger charge is -2.28. The van der Waals surface area contributed by atoms with Crippen molar-refractivity contribution in [3.63, 3.8) is 0 Å². The third-order valence-electron chi connectivity index (χ3n) is 7.69. The maximum absolute atomic E-state index is 12.8. The first-order chi connectivity index (χ1) is 19.6. The van der Waals surface area contributed by atoms with Crippen LogP contribution in [0.3, 0.4) is 0 Å². The average Bonchev–Trinajstić information content (AvgIpc) is 3.65. The van der Waals surface area contributed by atoms with Crippen LogP contribution >= 0.6 is 11.3 Å². The molecule has 7 nitrogen and oxygen atoms in total. The zero-order valence-electron chi connectivity index (χ0n) is 25.0. The number of fused-ring (bicyclic) bond motifs is 3. The number of carbonyl (C=O) groups excluding carboxylic acids is 2. The van der Waals surface area contributed by atoms with Crippen molar-refractivity contribution in [3.8, 4) is 11.3 Å². The number of unbranched alkanes of at least 4 members (excludes halogenated alkanes) is 1. The van der Waals surface area contributed by atoms with Crippen LogP contribution in [0.1, 0.15) is 88.2 Å². The summed E-state index contributed by atoms with van der Waals surface area (Å²) in [4.78, 5) is 35.6. The molecule has 0 bridgehead atoms.